The summed E-state index contributed by atoms with van der Waals surface area (Å²) in [6, 6.07) is 12.1. The van der Waals surface area contributed by atoms with E-state index in [4.69, 9.17) is 4.74 Å². The van der Waals surface area contributed by atoms with Crippen LogP contribution in [0.2, 0.25) is 0 Å². The minimum absolute atomic E-state index is 0.0637. The van der Waals surface area contributed by atoms with Crippen LogP contribution in [0, 0.1) is 0 Å². The Bertz CT molecular complexity index is 688. The normalized spacial score (nSPS) is 16.4. The number of urea groups is 1. The number of hydrogen-bond donors (Lipinski definition) is 1. The maximum absolute atomic E-state index is 12.8. The van der Waals surface area contributed by atoms with Crippen molar-refractivity contribution in [1.29, 1.82) is 0 Å². The molecule has 0 spiro atoms. The van der Waals surface area contributed by atoms with Crippen LogP contribution in [-0.4, -0.2) is 41.4 Å². The molecule has 1 unspecified atom stereocenters. The van der Waals surface area contributed by atoms with Gasteiger partial charge in [0.15, 0.2) is 0 Å². The number of pyridine rings is 1. The van der Waals surface area contributed by atoms with Gasteiger partial charge in [-0.25, -0.2) is 4.79 Å². The molecule has 0 saturated carbocycles. The number of nitrogens with one attached hydrogen (secondary N) is 1. The van der Waals surface area contributed by atoms with Crippen LogP contribution >= 0.6 is 11.8 Å². The number of carbonyl (C=O) groups is 1. The first-order valence-electron chi connectivity index (χ1n) is 8.91. The number of amides is 2. The van der Waals surface area contributed by atoms with Crippen molar-refractivity contribution < 1.29 is 9.53 Å². The molecular weight excluding hydrogens is 346 g/mol. The Balaban J connectivity index is 1.60. The molecular formula is C20H25N3O2S. The Kier molecular flexibility index (Phi) is 6.91. The molecule has 1 aromatic carbocycles. The molecule has 6 heteroatoms. The fraction of sp³-hybridized carbons (Fsp3) is 0.400. The fourth-order valence-corrected chi connectivity index (χ4v) is 3.40. The third-order valence-corrected chi connectivity index (χ3v) is 5.20. The summed E-state index contributed by atoms with van der Waals surface area (Å²) in [5.41, 5.74) is 2.16. The zero-order valence-electron chi connectivity index (χ0n) is 15.1. The molecule has 1 atom stereocenters. The Morgan fingerprint density at radius 3 is 2.65 bits per heavy atom. The first kappa shape index (κ1) is 18.7. The van der Waals surface area contributed by atoms with Crippen molar-refractivity contribution in [3.63, 3.8) is 0 Å². The molecule has 2 aromatic rings. The zero-order valence-corrected chi connectivity index (χ0v) is 15.9. The standard InChI is InChI=1S/C20H25N3O2S/c1-26-19-6-4-16(5-7-19)13-22-20(24)23(15-18-3-2-12-25-18)14-17-8-10-21-11-9-17/h4-11,18H,2-3,12-15H2,1H3,(H,22,24). The molecule has 138 valence electrons. The molecule has 26 heavy (non-hydrogen) atoms. The quantitative estimate of drug-likeness (QED) is 0.754. The number of carbonyl (C=O) groups excluding carboxylic acids is 1. The number of nitrogens with zero attached hydrogens (tertiary/aromatic N) is 2. The number of thioether (sulfide) groups is 1. The second-order valence-corrected chi connectivity index (χ2v) is 7.26. The third kappa shape index (κ3) is 5.47. The summed E-state index contributed by atoms with van der Waals surface area (Å²) >= 11 is 1.71. The van der Waals surface area contributed by atoms with E-state index in [2.05, 4.69) is 40.8 Å². The first-order chi connectivity index (χ1) is 12.7. The summed E-state index contributed by atoms with van der Waals surface area (Å²) in [4.78, 5) is 19.9. The number of ether oxygens (including phenoxy) is 1. The third-order valence-electron chi connectivity index (χ3n) is 4.46. The Labute approximate surface area is 159 Å². The van der Waals surface area contributed by atoms with E-state index >= 15 is 0 Å². The SMILES string of the molecule is CSc1ccc(CNC(=O)N(Cc2ccncc2)CC2CCCO2)cc1. The smallest absolute Gasteiger partial charge is 0.318 e. The van der Waals surface area contributed by atoms with E-state index in [0.717, 1.165) is 30.6 Å². The van der Waals surface area contributed by atoms with Crippen molar-refractivity contribution in [3.8, 4) is 0 Å². The molecule has 1 aromatic heterocycles. The van der Waals surface area contributed by atoms with Crippen LogP contribution < -0.4 is 5.32 Å². The molecule has 1 N–H and O–H groups in total. The summed E-state index contributed by atoms with van der Waals surface area (Å²) in [7, 11) is 0. The van der Waals surface area contributed by atoms with Crippen LogP contribution in [0.1, 0.15) is 24.0 Å². The predicted molar refractivity (Wildman–Crippen MR) is 104 cm³/mol. The second-order valence-electron chi connectivity index (χ2n) is 6.38. The molecule has 5 nitrogen and oxygen atoms in total. The van der Waals surface area contributed by atoms with Gasteiger partial charge >= 0.3 is 6.03 Å². The minimum atomic E-state index is -0.0637. The average molecular weight is 372 g/mol. The van der Waals surface area contributed by atoms with Gasteiger partial charge in [-0.05, 0) is 54.5 Å². The number of hydrogen-bond acceptors (Lipinski definition) is 4. The van der Waals surface area contributed by atoms with Gasteiger partial charge in [-0.1, -0.05) is 12.1 Å². The van der Waals surface area contributed by atoms with Crippen LogP contribution in [0.25, 0.3) is 0 Å². The van der Waals surface area contributed by atoms with E-state index in [1.54, 1.807) is 24.2 Å². The second kappa shape index (κ2) is 9.59. The highest BCUT2D eigenvalue weighted by Gasteiger charge is 2.22. The molecule has 0 bridgehead atoms. The molecule has 3 rings (SSSR count). The summed E-state index contributed by atoms with van der Waals surface area (Å²) in [5, 5.41) is 3.04. The first-order valence-corrected chi connectivity index (χ1v) is 10.1. The lowest BCUT2D eigenvalue weighted by atomic mass is 10.2. The van der Waals surface area contributed by atoms with Gasteiger partial charge in [0.1, 0.15) is 0 Å². The Hall–Kier alpha value is -2.05. The molecule has 2 heterocycles. The molecule has 0 aliphatic carbocycles. The van der Waals surface area contributed by atoms with E-state index in [1.807, 2.05) is 17.0 Å². The summed E-state index contributed by atoms with van der Waals surface area (Å²) in [6.45, 7) is 2.47. The van der Waals surface area contributed by atoms with Crippen molar-refractivity contribution in [1.82, 2.24) is 15.2 Å². The van der Waals surface area contributed by atoms with E-state index in [9.17, 15) is 4.79 Å². The van der Waals surface area contributed by atoms with Gasteiger partial charge in [0.05, 0.1) is 6.10 Å². The lowest BCUT2D eigenvalue weighted by molar-refractivity contribution is 0.0794. The molecule has 1 aliphatic heterocycles. The molecule has 1 fully saturated rings. The average Bonchev–Trinajstić information content (AvgIpc) is 3.20. The van der Waals surface area contributed by atoms with Crippen LogP contribution in [0.3, 0.4) is 0 Å². The van der Waals surface area contributed by atoms with Gasteiger partial charge in [0.2, 0.25) is 0 Å². The number of benzene rings is 1. The van der Waals surface area contributed by atoms with Crippen molar-refractivity contribution in [2.45, 2.75) is 36.9 Å². The summed E-state index contributed by atoms with van der Waals surface area (Å²) < 4.78 is 5.72. The fourth-order valence-electron chi connectivity index (χ4n) is 2.99. The van der Waals surface area contributed by atoms with Crippen LogP contribution in [-0.2, 0) is 17.8 Å². The Morgan fingerprint density at radius 1 is 1.23 bits per heavy atom. The maximum Gasteiger partial charge on any atom is 0.318 e. The predicted octanol–water partition coefficient (Wildman–Crippen LogP) is 3.69. The molecule has 1 saturated heterocycles. The molecule has 0 radical (unpaired) electrons. The van der Waals surface area contributed by atoms with Crippen molar-refractivity contribution >= 4 is 17.8 Å². The Morgan fingerprint density at radius 2 is 2.00 bits per heavy atom. The van der Waals surface area contributed by atoms with E-state index in [1.165, 1.54) is 4.90 Å². The van der Waals surface area contributed by atoms with Crippen molar-refractivity contribution in [2.24, 2.45) is 0 Å². The van der Waals surface area contributed by atoms with Crippen LogP contribution in [0.15, 0.2) is 53.7 Å². The maximum atomic E-state index is 12.8. The lowest BCUT2D eigenvalue weighted by Crippen LogP contribution is -2.43. The van der Waals surface area contributed by atoms with Gasteiger partial charge in [-0.2, -0.15) is 0 Å². The van der Waals surface area contributed by atoms with E-state index < -0.39 is 0 Å². The zero-order chi connectivity index (χ0) is 18.2. The van der Waals surface area contributed by atoms with Crippen molar-refractivity contribution in [3.05, 3.63) is 59.9 Å². The van der Waals surface area contributed by atoms with Gasteiger partial charge in [0, 0.05) is 43.5 Å². The molecule has 1 aliphatic rings. The topological polar surface area (TPSA) is 54.5 Å². The largest absolute Gasteiger partial charge is 0.376 e. The summed E-state index contributed by atoms with van der Waals surface area (Å²) in [6.07, 6.45) is 7.77. The highest BCUT2D eigenvalue weighted by atomic mass is 32.2. The highest BCUT2D eigenvalue weighted by molar-refractivity contribution is 7.98. The van der Waals surface area contributed by atoms with Gasteiger partial charge in [-0.3, -0.25) is 4.98 Å². The van der Waals surface area contributed by atoms with Gasteiger partial charge < -0.3 is 15.0 Å². The lowest BCUT2D eigenvalue weighted by Gasteiger charge is -2.26. The van der Waals surface area contributed by atoms with Gasteiger partial charge in [0.25, 0.3) is 0 Å². The number of rotatable bonds is 7. The van der Waals surface area contributed by atoms with Gasteiger partial charge in [-0.15, -0.1) is 11.8 Å². The van der Waals surface area contributed by atoms with Crippen molar-refractivity contribution in [2.75, 3.05) is 19.4 Å². The monoisotopic (exact) mass is 371 g/mol. The highest BCUT2D eigenvalue weighted by Crippen LogP contribution is 2.16. The molecule has 2 amide bonds. The van der Waals surface area contributed by atoms with Crippen LogP contribution in [0.4, 0.5) is 4.79 Å². The van der Waals surface area contributed by atoms with E-state index in [0.29, 0.717) is 19.6 Å². The number of aromatic nitrogens is 1. The van der Waals surface area contributed by atoms with Crippen LogP contribution in [0.5, 0.6) is 0 Å². The van der Waals surface area contributed by atoms with E-state index in [-0.39, 0.29) is 12.1 Å². The minimum Gasteiger partial charge on any atom is -0.376 e. The summed E-state index contributed by atoms with van der Waals surface area (Å²) in [5.74, 6) is 0.